The number of hydrogen-bond acceptors (Lipinski definition) is 4. The number of rotatable bonds is 5. The summed E-state index contributed by atoms with van der Waals surface area (Å²) in [4.78, 5) is 24.6. The summed E-state index contributed by atoms with van der Waals surface area (Å²) in [5.74, 6) is -2.08. The molecule has 6 nitrogen and oxygen atoms in total. The first-order valence-corrected chi connectivity index (χ1v) is 9.45. The Morgan fingerprint density at radius 3 is 2.52 bits per heavy atom. The molecule has 1 aromatic heterocycles. The Hall–Kier alpha value is -2.95. The van der Waals surface area contributed by atoms with Crippen molar-refractivity contribution in [3.8, 4) is 11.5 Å². The molecule has 0 atom stereocenters. The second kappa shape index (κ2) is 8.19. The Kier molecular flexibility index (Phi) is 5.87. The number of nitrogens with zero attached hydrogens (tertiary/aromatic N) is 1. The molecule has 150 valence electrons. The summed E-state index contributed by atoms with van der Waals surface area (Å²) in [6, 6.07) is 9.67. The van der Waals surface area contributed by atoms with Crippen molar-refractivity contribution in [2.24, 2.45) is 12.8 Å². The minimum absolute atomic E-state index is 0.0435. The molecule has 0 aliphatic heterocycles. The molecule has 0 spiro atoms. The van der Waals surface area contributed by atoms with Crippen LogP contribution in [-0.4, -0.2) is 10.5 Å². The third-order valence-electron chi connectivity index (χ3n) is 4.27. The van der Waals surface area contributed by atoms with Gasteiger partial charge >= 0.3 is 0 Å². The lowest BCUT2D eigenvalue weighted by atomic mass is 10.1. The molecule has 1 amide bonds. The van der Waals surface area contributed by atoms with Gasteiger partial charge in [0, 0.05) is 22.2 Å². The number of carbonyl (C=O) groups is 1. The van der Waals surface area contributed by atoms with E-state index in [0.29, 0.717) is 3.57 Å². The van der Waals surface area contributed by atoms with Crippen molar-refractivity contribution in [3.05, 3.63) is 79.1 Å². The number of amides is 1. The molecule has 0 saturated carbocycles. The van der Waals surface area contributed by atoms with Crippen LogP contribution in [0.1, 0.15) is 15.9 Å². The Balaban J connectivity index is 2.17. The van der Waals surface area contributed by atoms with Crippen molar-refractivity contribution in [2.75, 3.05) is 5.32 Å². The van der Waals surface area contributed by atoms with Gasteiger partial charge in [-0.15, -0.1) is 0 Å². The minimum Gasteiger partial charge on any atom is -0.456 e. The molecule has 29 heavy (non-hydrogen) atoms. The van der Waals surface area contributed by atoms with Crippen LogP contribution in [0.25, 0.3) is 0 Å². The molecule has 0 unspecified atom stereocenters. The average Bonchev–Trinajstić information content (AvgIpc) is 2.64. The van der Waals surface area contributed by atoms with E-state index in [1.165, 1.54) is 44.3 Å². The van der Waals surface area contributed by atoms with E-state index in [2.05, 4.69) is 5.32 Å². The number of halogens is 3. The molecule has 3 rings (SSSR count). The Morgan fingerprint density at radius 1 is 1.14 bits per heavy atom. The van der Waals surface area contributed by atoms with Gasteiger partial charge in [0.1, 0.15) is 34.5 Å². The van der Waals surface area contributed by atoms with Gasteiger partial charge in [0.25, 0.3) is 11.5 Å². The predicted molar refractivity (Wildman–Crippen MR) is 114 cm³/mol. The van der Waals surface area contributed by atoms with Crippen molar-refractivity contribution < 1.29 is 18.3 Å². The maximum Gasteiger partial charge on any atom is 0.256 e. The lowest BCUT2D eigenvalue weighted by molar-refractivity contribution is 0.0998. The van der Waals surface area contributed by atoms with E-state index in [9.17, 15) is 18.4 Å². The number of benzene rings is 2. The van der Waals surface area contributed by atoms with Gasteiger partial charge in [-0.3, -0.25) is 14.2 Å². The van der Waals surface area contributed by atoms with E-state index in [1.807, 2.05) is 22.6 Å². The second-order valence-electron chi connectivity index (χ2n) is 6.21. The molecule has 1 heterocycles. The lowest BCUT2D eigenvalue weighted by Gasteiger charge is -2.18. The maximum absolute atomic E-state index is 14.3. The van der Waals surface area contributed by atoms with E-state index >= 15 is 0 Å². The summed E-state index contributed by atoms with van der Waals surface area (Å²) >= 11 is 1.96. The van der Waals surface area contributed by atoms with Crippen LogP contribution in [0.15, 0.2) is 47.3 Å². The number of aromatic nitrogens is 1. The zero-order valence-electron chi connectivity index (χ0n) is 15.4. The van der Waals surface area contributed by atoms with Crippen LogP contribution in [0, 0.1) is 22.1 Å². The monoisotopic (exact) mass is 511 g/mol. The molecule has 3 N–H and O–H groups in total. The van der Waals surface area contributed by atoms with Crippen molar-refractivity contribution in [3.63, 3.8) is 0 Å². The Morgan fingerprint density at radius 2 is 1.86 bits per heavy atom. The van der Waals surface area contributed by atoms with E-state index < -0.39 is 23.1 Å². The number of nitrogens with two attached hydrogens (primary N) is 1. The van der Waals surface area contributed by atoms with Crippen molar-refractivity contribution in [1.29, 1.82) is 0 Å². The van der Waals surface area contributed by atoms with Gasteiger partial charge in [-0.25, -0.2) is 8.78 Å². The smallest absolute Gasteiger partial charge is 0.256 e. The summed E-state index contributed by atoms with van der Waals surface area (Å²) in [5.41, 5.74) is 5.06. The van der Waals surface area contributed by atoms with Crippen LogP contribution < -0.4 is 21.3 Å². The number of primary amides is 1. The molecule has 0 fully saturated rings. The number of carbonyl (C=O) groups excluding carboxylic acids is 1. The van der Waals surface area contributed by atoms with Crippen molar-refractivity contribution in [2.45, 2.75) is 6.92 Å². The number of pyridine rings is 1. The van der Waals surface area contributed by atoms with Gasteiger partial charge in [0.05, 0.1) is 5.69 Å². The summed E-state index contributed by atoms with van der Waals surface area (Å²) in [6.07, 6.45) is 0. The van der Waals surface area contributed by atoms with Gasteiger partial charge < -0.3 is 15.8 Å². The van der Waals surface area contributed by atoms with Gasteiger partial charge in [0.2, 0.25) is 0 Å². The summed E-state index contributed by atoms with van der Waals surface area (Å²) in [6.45, 7) is 1.50. The molecule has 0 radical (unpaired) electrons. The average molecular weight is 511 g/mol. The van der Waals surface area contributed by atoms with Gasteiger partial charge in [-0.05, 0) is 59.8 Å². The summed E-state index contributed by atoms with van der Waals surface area (Å²) in [5, 5.41) is 2.74. The molecule has 0 aliphatic carbocycles. The van der Waals surface area contributed by atoms with Crippen LogP contribution in [-0.2, 0) is 7.05 Å². The molecule has 9 heteroatoms. The first-order valence-electron chi connectivity index (χ1n) is 8.38. The lowest BCUT2D eigenvalue weighted by Crippen LogP contribution is -2.25. The Labute approximate surface area is 178 Å². The van der Waals surface area contributed by atoms with E-state index in [4.69, 9.17) is 10.5 Å². The van der Waals surface area contributed by atoms with Crippen LogP contribution >= 0.6 is 22.6 Å². The first kappa shape index (κ1) is 20.8. The van der Waals surface area contributed by atoms with Crippen LogP contribution in [0.5, 0.6) is 11.5 Å². The maximum atomic E-state index is 14.3. The molecule has 0 aliphatic rings. The number of anilines is 2. The number of ether oxygens (including phenoxy) is 1. The highest BCUT2D eigenvalue weighted by Crippen LogP contribution is 2.33. The molecule has 0 saturated heterocycles. The van der Waals surface area contributed by atoms with Crippen LogP contribution in [0.2, 0.25) is 0 Å². The fraction of sp³-hybridized carbons (Fsp3) is 0.100. The zero-order valence-corrected chi connectivity index (χ0v) is 17.6. The minimum atomic E-state index is -0.905. The number of nitrogens with one attached hydrogen (secondary N) is 1. The molecule has 3 aromatic rings. The fourth-order valence-corrected chi connectivity index (χ4v) is 3.13. The largest absolute Gasteiger partial charge is 0.456 e. The fourth-order valence-electron chi connectivity index (χ4n) is 2.68. The summed E-state index contributed by atoms with van der Waals surface area (Å²) < 4.78 is 35.6. The molecular weight excluding hydrogens is 495 g/mol. The van der Waals surface area contributed by atoms with E-state index in [1.54, 1.807) is 6.07 Å². The van der Waals surface area contributed by atoms with E-state index in [0.717, 1.165) is 10.6 Å². The molecule has 2 aromatic carbocycles. The topological polar surface area (TPSA) is 86.3 Å². The van der Waals surface area contributed by atoms with E-state index in [-0.39, 0.29) is 34.1 Å². The molecule has 0 bridgehead atoms. The summed E-state index contributed by atoms with van der Waals surface area (Å²) in [7, 11) is 1.40. The second-order valence-corrected chi connectivity index (χ2v) is 7.45. The van der Waals surface area contributed by atoms with Crippen LogP contribution in [0.4, 0.5) is 20.3 Å². The highest BCUT2D eigenvalue weighted by atomic mass is 127. The van der Waals surface area contributed by atoms with Gasteiger partial charge in [-0.1, -0.05) is 6.07 Å². The SMILES string of the molecule is Cc1c(F)cccc1Oc1cc(=O)n(C)c(Nc2ccc(I)cc2F)c1C(N)=O. The highest BCUT2D eigenvalue weighted by molar-refractivity contribution is 14.1. The quantitative estimate of drug-likeness (QED) is 0.503. The normalized spacial score (nSPS) is 10.7. The van der Waals surface area contributed by atoms with Crippen molar-refractivity contribution >= 4 is 40.0 Å². The highest BCUT2D eigenvalue weighted by Gasteiger charge is 2.22. The van der Waals surface area contributed by atoms with Crippen LogP contribution in [0.3, 0.4) is 0 Å². The molecular formula is C20H16F2IN3O3. The van der Waals surface area contributed by atoms with Gasteiger partial charge in [-0.2, -0.15) is 0 Å². The third kappa shape index (κ3) is 4.24. The predicted octanol–water partition coefficient (Wildman–Crippen LogP) is 4.21. The third-order valence-corrected chi connectivity index (χ3v) is 4.94. The number of hydrogen-bond donors (Lipinski definition) is 2. The van der Waals surface area contributed by atoms with Gasteiger partial charge in [0.15, 0.2) is 0 Å². The zero-order chi connectivity index (χ0) is 21.3. The van der Waals surface area contributed by atoms with Crippen molar-refractivity contribution in [1.82, 2.24) is 4.57 Å². The standard InChI is InChI=1S/C20H16F2IN3O3/c1-10-12(21)4-3-5-15(10)29-16-9-17(27)26(2)20(18(16)19(24)28)25-14-7-6-11(23)8-13(14)22/h3-9,25H,1-2H3,(H2,24,28). The Bertz CT molecular complexity index is 1180. The first-order chi connectivity index (χ1) is 13.7.